The molecular weight excluding hydrogens is 444 g/mol. The maximum absolute atomic E-state index is 12.8. The number of aromatic nitrogens is 2. The molecule has 0 unspecified atom stereocenters. The van der Waals surface area contributed by atoms with Gasteiger partial charge in [0.05, 0.1) is 15.9 Å². The number of carbonyl (C=O) groups is 1. The summed E-state index contributed by atoms with van der Waals surface area (Å²) in [5, 5.41) is 2.78. The molecule has 0 radical (unpaired) electrons. The van der Waals surface area contributed by atoms with Gasteiger partial charge in [0.2, 0.25) is 15.9 Å². The number of amides is 1. The van der Waals surface area contributed by atoms with Gasteiger partial charge in [-0.3, -0.25) is 19.0 Å². The number of nitrogens with one attached hydrogen (secondary N) is 1. The topological polar surface area (TPSA) is 110 Å². The Morgan fingerprint density at radius 3 is 2.30 bits per heavy atom. The number of aryl methyl sites for hydroxylation is 2. The van der Waals surface area contributed by atoms with Crippen LogP contribution >= 0.6 is 0 Å². The minimum atomic E-state index is -3.78. The van der Waals surface area contributed by atoms with Crippen molar-refractivity contribution in [1.29, 1.82) is 0 Å². The Bertz CT molecular complexity index is 1420. The number of nitrogens with zero attached hydrogens (tertiary/aromatic N) is 3. The molecule has 1 heterocycles. The summed E-state index contributed by atoms with van der Waals surface area (Å²) in [6, 6.07) is 12.1. The van der Waals surface area contributed by atoms with Crippen LogP contribution in [-0.2, 0) is 34.3 Å². The van der Waals surface area contributed by atoms with E-state index < -0.39 is 33.6 Å². The average Bonchev–Trinajstić information content (AvgIpc) is 2.78. The number of fused-ring (bicyclic) bond motifs is 1. The lowest BCUT2D eigenvalue weighted by molar-refractivity contribution is -0.121. The van der Waals surface area contributed by atoms with E-state index in [1.165, 1.54) is 36.9 Å². The zero-order valence-corrected chi connectivity index (χ0v) is 20.0. The lowest BCUT2D eigenvalue weighted by Crippen LogP contribution is -2.44. The van der Waals surface area contributed by atoms with Crippen molar-refractivity contribution in [3.63, 3.8) is 0 Å². The third-order valence-electron chi connectivity index (χ3n) is 5.58. The number of hydrogen-bond donors (Lipinski definition) is 1. The summed E-state index contributed by atoms with van der Waals surface area (Å²) in [6.07, 6.45) is 0.622. The summed E-state index contributed by atoms with van der Waals surface area (Å²) in [7, 11) is -0.967. The second kappa shape index (κ2) is 9.72. The van der Waals surface area contributed by atoms with Crippen molar-refractivity contribution in [3.05, 3.63) is 74.3 Å². The fourth-order valence-electron chi connectivity index (χ4n) is 3.67. The largest absolute Gasteiger partial charge is 0.354 e. The molecule has 0 saturated carbocycles. The van der Waals surface area contributed by atoms with E-state index in [4.69, 9.17) is 0 Å². The highest BCUT2D eigenvalue weighted by molar-refractivity contribution is 7.89. The Balaban J connectivity index is 1.97. The second-order valence-corrected chi connectivity index (χ2v) is 10.1. The van der Waals surface area contributed by atoms with E-state index in [1.54, 1.807) is 6.92 Å². The minimum absolute atomic E-state index is 0.0330. The second-order valence-electron chi connectivity index (χ2n) is 7.91. The van der Waals surface area contributed by atoms with Crippen LogP contribution in [0.5, 0.6) is 0 Å². The number of sulfonamides is 1. The van der Waals surface area contributed by atoms with Gasteiger partial charge in [0.15, 0.2) is 0 Å². The molecule has 0 bridgehead atoms. The van der Waals surface area contributed by atoms with E-state index in [9.17, 15) is 22.8 Å². The Morgan fingerprint density at radius 2 is 1.67 bits per heavy atom. The van der Waals surface area contributed by atoms with Gasteiger partial charge in [-0.2, -0.15) is 0 Å². The summed E-state index contributed by atoms with van der Waals surface area (Å²) < 4.78 is 28.6. The van der Waals surface area contributed by atoms with Gasteiger partial charge in [-0.05, 0) is 49.6 Å². The molecule has 3 aromatic rings. The van der Waals surface area contributed by atoms with Gasteiger partial charge >= 0.3 is 11.1 Å². The first kappa shape index (κ1) is 24.4. The lowest BCUT2D eigenvalue weighted by Gasteiger charge is -2.17. The van der Waals surface area contributed by atoms with Crippen LogP contribution in [0.25, 0.3) is 11.0 Å². The van der Waals surface area contributed by atoms with Crippen molar-refractivity contribution in [2.45, 2.75) is 38.3 Å². The van der Waals surface area contributed by atoms with E-state index >= 15 is 0 Å². The van der Waals surface area contributed by atoms with E-state index in [2.05, 4.69) is 5.32 Å². The molecule has 0 spiro atoms. The smallest absolute Gasteiger partial charge is 0.317 e. The third-order valence-corrected chi connectivity index (χ3v) is 7.39. The highest BCUT2D eigenvalue weighted by atomic mass is 32.2. The maximum Gasteiger partial charge on any atom is 0.317 e. The molecule has 176 valence electrons. The zero-order chi connectivity index (χ0) is 24.3. The van der Waals surface area contributed by atoms with Crippen LogP contribution in [0.2, 0.25) is 0 Å². The highest BCUT2D eigenvalue weighted by Crippen LogP contribution is 2.19. The molecule has 33 heavy (non-hydrogen) atoms. The van der Waals surface area contributed by atoms with E-state index in [-0.39, 0.29) is 17.0 Å². The molecule has 1 amide bonds. The Hall–Kier alpha value is -3.24. The predicted octanol–water partition coefficient (Wildman–Crippen LogP) is 1.10. The molecule has 0 atom stereocenters. The molecule has 9 nitrogen and oxygen atoms in total. The number of benzene rings is 2. The third kappa shape index (κ3) is 4.91. The monoisotopic (exact) mass is 472 g/mol. The van der Waals surface area contributed by atoms with Gasteiger partial charge in [0, 0.05) is 27.2 Å². The SMILES string of the molecule is CCn1c(=O)c(=O)n(CC(=O)NCCc2ccccc2C)c2cc(S(=O)(=O)N(C)C)ccc21. The van der Waals surface area contributed by atoms with Gasteiger partial charge in [-0.25, -0.2) is 12.7 Å². The van der Waals surface area contributed by atoms with Gasteiger partial charge in [-0.1, -0.05) is 24.3 Å². The maximum atomic E-state index is 12.8. The van der Waals surface area contributed by atoms with E-state index in [0.29, 0.717) is 18.5 Å². The normalized spacial score (nSPS) is 11.8. The van der Waals surface area contributed by atoms with E-state index in [0.717, 1.165) is 20.0 Å². The standard InChI is InChI=1S/C23H28N4O5S/c1-5-26-19-11-10-18(33(31,32)25(3)4)14-20(19)27(23(30)22(26)29)15-21(28)24-13-12-17-9-7-6-8-16(17)2/h6-11,14H,5,12-13,15H2,1-4H3,(H,24,28). The van der Waals surface area contributed by atoms with Crippen LogP contribution < -0.4 is 16.4 Å². The summed E-state index contributed by atoms with van der Waals surface area (Å²) in [5.74, 6) is -0.443. The molecule has 0 aliphatic carbocycles. The fourth-order valence-corrected chi connectivity index (χ4v) is 4.59. The fraction of sp³-hybridized carbons (Fsp3) is 0.348. The van der Waals surface area contributed by atoms with Crippen molar-refractivity contribution in [3.8, 4) is 0 Å². The molecule has 10 heteroatoms. The van der Waals surface area contributed by atoms with E-state index in [1.807, 2.05) is 31.2 Å². The molecule has 0 aliphatic heterocycles. The molecule has 0 saturated heterocycles. The molecule has 3 rings (SSSR count). The Kier molecular flexibility index (Phi) is 7.19. The van der Waals surface area contributed by atoms with Gasteiger partial charge < -0.3 is 9.88 Å². The highest BCUT2D eigenvalue weighted by Gasteiger charge is 2.21. The molecule has 0 aliphatic rings. The van der Waals surface area contributed by atoms with Gasteiger partial charge in [0.1, 0.15) is 6.54 Å². The minimum Gasteiger partial charge on any atom is -0.354 e. The van der Waals surface area contributed by atoms with Gasteiger partial charge in [-0.15, -0.1) is 0 Å². The quantitative estimate of drug-likeness (QED) is 0.494. The van der Waals surface area contributed by atoms with Crippen molar-refractivity contribution < 1.29 is 13.2 Å². The summed E-state index contributed by atoms with van der Waals surface area (Å²) in [5.41, 5.74) is 1.17. The first-order valence-corrected chi connectivity index (χ1v) is 12.0. The van der Waals surface area contributed by atoms with Crippen LogP contribution in [0.3, 0.4) is 0 Å². The summed E-state index contributed by atoms with van der Waals surface area (Å²) in [4.78, 5) is 38.0. The molecule has 1 N–H and O–H groups in total. The molecule has 0 fully saturated rings. The van der Waals surface area contributed by atoms with Crippen molar-refractivity contribution in [2.24, 2.45) is 0 Å². The van der Waals surface area contributed by atoms with Crippen LogP contribution in [-0.4, -0.2) is 48.4 Å². The lowest BCUT2D eigenvalue weighted by atomic mass is 10.1. The Labute approximate surface area is 192 Å². The molecule has 2 aromatic carbocycles. The Morgan fingerprint density at radius 1 is 1.00 bits per heavy atom. The van der Waals surface area contributed by atoms with Crippen molar-refractivity contribution in [2.75, 3.05) is 20.6 Å². The van der Waals surface area contributed by atoms with Crippen LogP contribution in [0.15, 0.2) is 56.9 Å². The van der Waals surface area contributed by atoms with Gasteiger partial charge in [0.25, 0.3) is 0 Å². The molecular formula is C23H28N4O5S. The summed E-state index contributed by atoms with van der Waals surface area (Å²) >= 11 is 0. The first-order valence-electron chi connectivity index (χ1n) is 10.6. The van der Waals surface area contributed by atoms with Crippen molar-refractivity contribution >= 4 is 27.0 Å². The first-order chi connectivity index (χ1) is 15.6. The average molecular weight is 473 g/mol. The molecule has 1 aromatic heterocycles. The van der Waals surface area contributed by atoms with Crippen molar-refractivity contribution in [1.82, 2.24) is 18.8 Å². The van der Waals surface area contributed by atoms with Crippen LogP contribution in [0, 0.1) is 6.92 Å². The number of carbonyl (C=O) groups excluding carboxylic acids is 1. The van der Waals surface area contributed by atoms with Crippen LogP contribution in [0.1, 0.15) is 18.1 Å². The zero-order valence-electron chi connectivity index (χ0n) is 19.2. The summed E-state index contributed by atoms with van der Waals surface area (Å²) in [6.45, 7) is 3.91. The number of hydrogen-bond acceptors (Lipinski definition) is 5. The number of rotatable bonds is 8. The predicted molar refractivity (Wildman–Crippen MR) is 127 cm³/mol. The van der Waals surface area contributed by atoms with Crippen LogP contribution in [0.4, 0.5) is 0 Å².